The van der Waals surface area contributed by atoms with Crippen LogP contribution in [-0.4, -0.2) is 11.8 Å². The molecule has 1 saturated carbocycles. The zero-order valence-corrected chi connectivity index (χ0v) is 7.83. The standard InChI is InChI=1S/C7H15NS2/c8-5-6-1-3-7(10-9)4-2-6/h6-7,9H,1-5,8H2. The van der Waals surface area contributed by atoms with Crippen LogP contribution in [-0.2, 0) is 0 Å². The summed E-state index contributed by atoms with van der Waals surface area (Å²) in [5, 5.41) is 0.797. The Balaban J connectivity index is 2.17. The van der Waals surface area contributed by atoms with Gasteiger partial charge in [0.2, 0.25) is 0 Å². The average Bonchev–Trinajstić information content (AvgIpc) is 2.05. The molecule has 0 aliphatic heterocycles. The number of hydrogen-bond donors (Lipinski definition) is 2. The smallest absolute Gasteiger partial charge is 0.0149 e. The highest BCUT2D eigenvalue weighted by Gasteiger charge is 2.19. The summed E-state index contributed by atoms with van der Waals surface area (Å²) in [5.41, 5.74) is 5.56. The second-order valence-corrected chi connectivity index (χ2v) is 4.49. The van der Waals surface area contributed by atoms with Crippen molar-refractivity contribution in [1.29, 1.82) is 0 Å². The summed E-state index contributed by atoms with van der Waals surface area (Å²) in [5.74, 6) is 0.803. The van der Waals surface area contributed by atoms with Crippen molar-refractivity contribution in [2.24, 2.45) is 11.7 Å². The second kappa shape index (κ2) is 4.52. The molecule has 60 valence electrons. The van der Waals surface area contributed by atoms with Crippen LogP contribution in [0.2, 0.25) is 0 Å². The third-order valence-corrected chi connectivity index (χ3v) is 3.94. The Bertz CT molecular complexity index is 77.6. The van der Waals surface area contributed by atoms with Gasteiger partial charge in [0.15, 0.2) is 0 Å². The van der Waals surface area contributed by atoms with Crippen molar-refractivity contribution in [2.75, 3.05) is 6.54 Å². The van der Waals surface area contributed by atoms with Crippen molar-refractivity contribution in [3.05, 3.63) is 0 Å². The lowest BCUT2D eigenvalue weighted by Crippen LogP contribution is -2.21. The summed E-state index contributed by atoms with van der Waals surface area (Å²) in [6.07, 6.45) is 5.26. The van der Waals surface area contributed by atoms with Crippen LogP contribution in [0.5, 0.6) is 0 Å². The van der Waals surface area contributed by atoms with E-state index < -0.39 is 0 Å². The van der Waals surface area contributed by atoms with Gasteiger partial charge in [0.05, 0.1) is 0 Å². The molecule has 1 aliphatic rings. The third-order valence-electron chi connectivity index (χ3n) is 2.28. The van der Waals surface area contributed by atoms with Crippen LogP contribution >= 0.6 is 22.5 Å². The van der Waals surface area contributed by atoms with E-state index in [1.54, 1.807) is 10.8 Å². The highest BCUT2D eigenvalue weighted by Crippen LogP contribution is 2.32. The predicted octanol–water partition coefficient (Wildman–Crippen LogP) is 2.08. The fraction of sp³-hybridized carbons (Fsp3) is 1.00. The molecular formula is C7H15NS2. The van der Waals surface area contributed by atoms with Crippen molar-refractivity contribution >= 4 is 22.5 Å². The Morgan fingerprint density at radius 1 is 1.30 bits per heavy atom. The molecule has 0 aromatic rings. The molecule has 1 aliphatic carbocycles. The molecule has 0 heterocycles. The normalized spacial score (nSPS) is 34.2. The largest absolute Gasteiger partial charge is 0.330 e. The summed E-state index contributed by atoms with van der Waals surface area (Å²) >= 11 is 4.21. The van der Waals surface area contributed by atoms with E-state index in [1.807, 2.05) is 0 Å². The molecular weight excluding hydrogens is 162 g/mol. The van der Waals surface area contributed by atoms with Gasteiger partial charge >= 0.3 is 0 Å². The molecule has 0 bridgehead atoms. The van der Waals surface area contributed by atoms with Crippen molar-refractivity contribution < 1.29 is 0 Å². The van der Waals surface area contributed by atoms with Crippen LogP contribution in [0.3, 0.4) is 0 Å². The van der Waals surface area contributed by atoms with Crippen molar-refractivity contribution in [2.45, 2.75) is 30.9 Å². The van der Waals surface area contributed by atoms with E-state index in [9.17, 15) is 0 Å². The Kier molecular flexibility index (Phi) is 3.96. The fourth-order valence-electron chi connectivity index (χ4n) is 1.47. The van der Waals surface area contributed by atoms with E-state index in [0.717, 1.165) is 17.7 Å². The van der Waals surface area contributed by atoms with Crippen molar-refractivity contribution in [1.82, 2.24) is 0 Å². The van der Waals surface area contributed by atoms with E-state index in [0.29, 0.717) is 0 Å². The maximum absolute atomic E-state index is 5.56. The highest BCUT2D eigenvalue weighted by atomic mass is 33.1. The quantitative estimate of drug-likeness (QED) is 0.499. The zero-order valence-electron chi connectivity index (χ0n) is 6.12. The average molecular weight is 177 g/mol. The molecule has 0 spiro atoms. The molecule has 0 aromatic heterocycles. The topological polar surface area (TPSA) is 26.0 Å². The maximum atomic E-state index is 5.56. The van der Waals surface area contributed by atoms with Crippen LogP contribution in [0.25, 0.3) is 0 Å². The zero-order chi connectivity index (χ0) is 7.40. The minimum Gasteiger partial charge on any atom is -0.330 e. The summed E-state index contributed by atoms with van der Waals surface area (Å²) in [4.78, 5) is 0. The van der Waals surface area contributed by atoms with Crippen LogP contribution in [0, 0.1) is 5.92 Å². The Morgan fingerprint density at radius 2 is 1.90 bits per heavy atom. The lowest BCUT2D eigenvalue weighted by molar-refractivity contribution is 0.374. The highest BCUT2D eigenvalue weighted by molar-refractivity contribution is 8.68. The first kappa shape index (κ1) is 8.75. The van der Waals surface area contributed by atoms with E-state index >= 15 is 0 Å². The summed E-state index contributed by atoms with van der Waals surface area (Å²) in [6.45, 7) is 0.879. The van der Waals surface area contributed by atoms with Gasteiger partial charge in [-0.05, 0) is 38.1 Å². The summed E-state index contributed by atoms with van der Waals surface area (Å²) in [7, 11) is 1.71. The summed E-state index contributed by atoms with van der Waals surface area (Å²) in [6, 6.07) is 0. The molecule has 0 aromatic carbocycles. The Labute approximate surface area is 71.9 Å². The monoisotopic (exact) mass is 177 g/mol. The van der Waals surface area contributed by atoms with Crippen LogP contribution < -0.4 is 5.73 Å². The molecule has 10 heavy (non-hydrogen) atoms. The van der Waals surface area contributed by atoms with Crippen LogP contribution in [0.4, 0.5) is 0 Å². The summed E-state index contributed by atoms with van der Waals surface area (Å²) < 4.78 is 0. The van der Waals surface area contributed by atoms with Crippen LogP contribution in [0.1, 0.15) is 25.7 Å². The minimum atomic E-state index is 0.797. The Hall–Kier alpha value is 0.660. The number of nitrogens with two attached hydrogens (primary N) is 1. The lowest BCUT2D eigenvalue weighted by Gasteiger charge is -2.25. The van der Waals surface area contributed by atoms with E-state index in [1.165, 1.54) is 25.7 Å². The van der Waals surface area contributed by atoms with Gasteiger partial charge in [-0.2, -0.15) is 0 Å². The number of rotatable bonds is 2. The molecule has 1 nitrogen and oxygen atoms in total. The molecule has 0 radical (unpaired) electrons. The van der Waals surface area contributed by atoms with E-state index in [4.69, 9.17) is 5.73 Å². The molecule has 1 fully saturated rings. The molecule has 0 atom stereocenters. The van der Waals surface area contributed by atoms with E-state index in [2.05, 4.69) is 11.7 Å². The van der Waals surface area contributed by atoms with Gasteiger partial charge in [-0.1, -0.05) is 10.8 Å². The molecule has 0 saturated heterocycles. The minimum absolute atomic E-state index is 0.797. The number of thiol groups is 1. The van der Waals surface area contributed by atoms with Gasteiger partial charge in [0, 0.05) is 5.25 Å². The first-order valence-electron chi connectivity index (χ1n) is 3.87. The van der Waals surface area contributed by atoms with E-state index in [-0.39, 0.29) is 0 Å². The maximum Gasteiger partial charge on any atom is 0.0149 e. The van der Waals surface area contributed by atoms with Gasteiger partial charge in [0.1, 0.15) is 0 Å². The van der Waals surface area contributed by atoms with Crippen molar-refractivity contribution in [3.8, 4) is 0 Å². The first-order valence-corrected chi connectivity index (χ1v) is 5.80. The van der Waals surface area contributed by atoms with Gasteiger partial charge in [0.25, 0.3) is 0 Å². The Morgan fingerprint density at radius 3 is 2.30 bits per heavy atom. The molecule has 3 heteroatoms. The second-order valence-electron chi connectivity index (χ2n) is 2.98. The number of hydrogen-bond acceptors (Lipinski definition) is 3. The fourth-order valence-corrected chi connectivity index (χ4v) is 2.59. The SMILES string of the molecule is NCC1CCC(SS)CC1. The van der Waals surface area contributed by atoms with Gasteiger partial charge < -0.3 is 5.73 Å². The lowest BCUT2D eigenvalue weighted by atomic mass is 9.89. The molecule has 0 unspecified atom stereocenters. The van der Waals surface area contributed by atoms with Gasteiger partial charge in [-0.3, -0.25) is 0 Å². The molecule has 0 amide bonds. The third kappa shape index (κ3) is 2.36. The predicted molar refractivity (Wildman–Crippen MR) is 51.4 cm³/mol. The van der Waals surface area contributed by atoms with Crippen LogP contribution in [0.15, 0.2) is 0 Å². The first-order chi connectivity index (χ1) is 4.86. The molecule has 1 rings (SSSR count). The molecule has 2 N–H and O–H groups in total. The van der Waals surface area contributed by atoms with Gasteiger partial charge in [-0.25, -0.2) is 0 Å². The van der Waals surface area contributed by atoms with Gasteiger partial charge in [-0.15, -0.1) is 11.7 Å². The van der Waals surface area contributed by atoms with Crippen molar-refractivity contribution in [3.63, 3.8) is 0 Å².